The van der Waals surface area contributed by atoms with E-state index in [1.54, 1.807) is 0 Å². The van der Waals surface area contributed by atoms with Gasteiger partial charge in [-0.05, 0) is 38.1 Å². The molecule has 3 nitrogen and oxygen atoms in total. The van der Waals surface area contributed by atoms with E-state index in [0.29, 0.717) is 6.04 Å². The van der Waals surface area contributed by atoms with Gasteiger partial charge in [0.25, 0.3) is 0 Å². The average Bonchev–Trinajstić information content (AvgIpc) is 2.89. The van der Waals surface area contributed by atoms with E-state index in [4.69, 9.17) is 5.11 Å². The Bertz CT molecular complexity index is 238. The molecule has 2 saturated carbocycles. The normalized spacial score (nSPS) is 31.1. The SMILES string of the molecule is CCN(CC1CC1)C1CCCC1C(=O)O. The number of hydrogen-bond acceptors (Lipinski definition) is 2. The Hall–Kier alpha value is -0.570. The van der Waals surface area contributed by atoms with Crippen molar-refractivity contribution in [2.75, 3.05) is 13.1 Å². The lowest BCUT2D eigenvalue weighted by Gasteiger charge is -2.30. The third kappa shape index (κ3) is 2.51. The Labute approximate surface area is 91.5 Å². The highest BCUT2D eigenvalue weighted by Gasteiger charge is 2.37. The maximum atomic E-state index is 11.1. The highest BCUT2D eigenvalue weighted by molar-refractivity contribution is 5.71. The number of carboxylic acid groups (broad SMARTS) is 1. The third-order valence-corrected chi connectivity index (χ3v) is 3.86. The Morgan fingerprint density at radius 2 is 2.07 bits per heavy atom. The molecule has 0 aromatic rings. The second kappa shape index (κ2) is 4.52. The van der Waals surface area contributed by atoms with Gasteiger partial charge in [-0.25, -0.2) is 0 Å². The van der Waals surface area contributed by atoms with E-state index in [9.17, 15) is 4.79 Å². The third-order valence-electron chi connectivity index (χ3n) is 3.86. The lowest BCUT2D eigenvalue weighted by atomic mass is 10.0. The van der Waals surface area contributed by atoms with Crippen LogP contribution in [0.25, 0.3) is 0 Å². The van der Waals surface area contributed by atoms with Crippen LogP contribution in [0.4, 0.5) is 0 Å². The first-order valence-corrected chi connectivity index (χ1v) is 6.19. The molecule has 0 aliphatic heterocycles. The standard InChI is InChI=1S/C12H21NO2/c1-2-13(8-9-6-7-9)11-5-3-4-10(11)12(14)15/h9-11H,2-8H2,1H3,(H,14,15). The van der Waals surface area contributed by atoms with Gasteiger partial charge < -0.3 is 5.11 Å². The molecule has 0 aromatic heterocycles. The summed E-state index contributed by atoms with van der Waals surface area (Å²) in [6, 6.07) is 0.313. The summed E-state index contributed by atoms with van der Waals surface area (Å²) in [6.07, 6.45) is 5.74. The summed E-state index contributed by atoms with van der Waals surface area (Å²) in [5.41, 5.74) is 0. The first-order valence-electron chi connectivity index (χ1n) is 6.19. The number of carboxylic acids is 1. The molecule has 2 aliphatic carbocycles. The summed E-state index contributed by atoms with van der Waals surface area (Å²) in [6.45, 7) is 4.29. The van der Waals surface area contributed by atoms with Crippen LogP contribution in [-0.2, 0) is 4.79 Å². The van der Waals surface area contributed by atoms with E-state index in [1.807, 2.05) is 0 Å². The summed E-state index contributed by atoms with van der Waals surface area (Å²) in [7, 11) is 0. The zero-order valence-corrected chi connectivity index (χ0v) is 9.48. The van der Waals surface area contributed by atoms with Crippen LogP contribution < -0.4 is 0 Å². The lowest BCUT2D eigenvalue weighted by Crippen LogP contribution is -2.41. The van der Waals surface area contributed by atoms with Crippen LogP contribution in [0.3, 0.4) is 0 Å². The van der Waals surface area contributed by atoms with Gasteiger partial charge in [0.05, 0.1) is 5.92 Å². The first kappa shape index (κ1) is 10.9. The van der Waals surface area contributed by atoms with Crippen molar-refractivity contribution in [3.63, 3.8) is 0 Å². The highest BCUT2D eigenvalue weighted by Crippen LogP contribution is 2.35. The van der Waals surface area contributed by atoms with E-state index in [-0.39, 0.29) is 5.92 Å². The van der Waals surface area contributed by atoms with Gasteiger partial charge in [0.1, 0.15) is 0 Å². The maximum Gasteiger partial charge on any atom is 0.308 e. The van der Waals surface area contributed by atoms with Gasteiger partial charge in [-0.2, -0.15) is 0 Å². The maximum absolute atomic E-state index is 11.1. The smallest absolute Gasteiger partial charge is 0.308 e. The fraction of sp³-hybridized carbons (Fsp3) is 0.917. The van der Waals surface area contributed by atoms with Crippen LogP contribution in [0.15, 0.2) is 0 Å². The van der Waals surface area contributed by atoms with Gasteiger partial charge in [0, 0.05) is 12.6 Å². The van der Waals surface area contributed by atoms with Crippen LogP contribution in [0.2, 0.25) is 0 Å². The molecule has 86 valence electrons. The molecule has 3 heteroatoms. The summed E-state index contributed by atoms with van der Waals surface area (Å²) >= 11 is 0. The van der Waals surface area contributed by atoms with Crippen molar-refractivity contribution < 1.29 is 9.90 Å². The Balaban J connectivity index is 1.95. The minimum absolute atomic E-state index is 0.108. The van der Waals surface area contributed by atoms with Crippen LogP contribution >= 0.6 is 0 Å². The second-order valence-electron chi connectivity index (χ2n) is 4.97. The number of carbonyl (C=O) groups is 1. The van der Waals surface area contributed by atoms with Crippen molar-refractivity contribution in [2.24, 2.45) is 11.8 Å². The van der Waals surface area contributed by atoms with Gasteiger partial charge >= 0.3 is 5.97 Å². The van der Waals surface area contributed by atoms with Gasteiger partial charge in [-0.1, -0.05) is 13.3 Å². The Kier molecular flexibility index (Phi) is 3.29. The predicted molar refractivity (Wildman–Crippen MR) is 58.7 cm³/mol. The zero-order valence-electron chi connectivity index (χ0n) is 9.48. The summed E-state index contributed by atoms with van der Waals surface area (Å²) in [5.74, 6) is 0.162. The van der Waals surface area contributed by atoms with Crippen molar-refractivity contribution in [1.82, 2.24) is 4.90 Å². The second-order valence-corrected chi connectivity index (χ2v) is 4.97. The molecule has 0 saturated heterocycles. The molecule has 0 bridgehead atoms. The lowest BCUT2D eigenvalue weighted by molar-refractivity contribution is -0.143. The molecule has 2 fully saturated rings. The molecule has 15 heavy (non-hydrogen) atoms. The Morgan fingerprint density at radius 1 is 1.33 bits per heavy atom. The van der Waals surface area contributed by atoms with Crippen molar-refractivity contribution in [1.29, 1.82) is 0 Å². The highest BCUT2D eigenvalue weighted by atomic mass is 16.4. The van der Waals surface area contributed by atoms with Gasteiger partial charge in [-0.3, -0.25) is 9.69 Å². The molecule has 0 spiro atoms. The number of rotatable bonds is 5. The van der Waals surface area contributed by atoms with E-state index in [2.05, 4.69) is 11.8 Å². The van der Waals surface area contributed by atoms with Gasteiger partial charge in [-0.15, -0.1) is 0 Å². The minimum Gasteiger partial charge on any atom is -0.481 e. The average molecular weight is 211 g/mol. The van der Waals surface area contributed by atoms with Crippen molar-refractivity contribution in [2.45, 2.75) is 45.1 Å². The van der Waals surface area contributed by atoms with E-state index >= 15 is 0 Å². The fourth-order valence-electron chi connectivity index (χ4n) is 2.80. The molecule has 2 unspecified atom stereocenters. The molecule has 2 atom stereocenters. The number of aliphatic carboxylic acids is 1. The Morgan fingerprint density at radius 3 is 2.60 bits per heavy atom. The first-order chi connectivity index (χ1) is 7.22. The molecular weight excluding hydrogens is 190 g/mol. The minimum atomic E-state index is -0.591. The molecule has 2 aliphatic rings. The van der Waals surface area contributed by atoms with E-state index in [0.717, 1.165) is 38.3 Å². The molecule has 0 amide bonds. The largest absolute Gasteiger partial charge is 0.481 e. The van der Waals surface area contributed by atoms with E-state index in [1.165, 1.54) is 12.8 Å². The van der Waals surface area contributed by atoms with Crippen LogP contribution in [0.5, 0.6) is 0 Å². The van der Waals surface area contributed by atoms with Crippen LogP contribution in [0.1, 0.15) is 39.0 Å². The van der Waals surface area contributed by atoms with Crippen LogP contribution in [0, 0.1) is 11.8 Å². The van der Waals surface area contributed by atoms with Gasteiger partial charge in [0.15, 0.2) is 0 Å². The van der Waals surface area contributed by atoms with Crippen molar-refractivity contribution >= 4 is 5.97 Å². The predicted octanol–water partition coefficient (Wildman–Crippen LogP) is 1.97. The summed E-state index contributed by atoms with van der Waals surface area (Å²) in [4.78, 5) is 13.5. The quantitative estimate of drug-likeness (QED) is 0.756. The monoisotopic (exact) mass is 211 g/mol. The van der Waals surface area contributed by atoms with E-state index < -0.39 is 5.97 Å². The molecular formula is C12H21NO2. The summed E-state index contributed by atoms with van der Waals surface area (Å²) < 4.78 is 0. The number of nitrogens with zero attached hydrogens (tertiary/aromatic N) is 1. The topological polar surface area (TPSA) is 40.5 Å². The summed E-state index contributed by atoms with van der Waals surface area (Å²) in [5, 5.41) is 9.15. The zero-order chi connectivity index (χ0) is 10.8. The van der Waals surface area contributed by atoms with Crippen molar-refractivity contribution in [3.8, 4) is 0 Å². The number of hydrogen-bond donors (Lipinski definition) is 1. The van der Waals surface area contributed by atoms with Crippen LogP contribution in [-0.4, -0.2) is 35.1 Å². The molecule has 0 radical (unpaired) electrons. The fourth-order valence-corrected chi connectivity index (χ4v) is 2.80. The molecule has 0 aromatic carbocycles. The van der Waals surface area contributed by atoms with Gasteiger partial charge in [0.2, 0.25) is 0 Å². The molecule has 1 N–H and O–H groups in total. The van der Waals surface area contributed by atoms with Crippen molar-refractivity contribution in [3.05, 3.63) is 0 Å². The molecule has 0 heterocycles. The molecule has 2 rings (SSSR count).